The van der Waals surface area contributed by atoms with Crippen LogP contribution in [0.1, 0.15) is 49.7 Å². The summed E-state index contributed by atoms with van der Waals surface area (Å²) in [6, 6.07) is 8.74. The number of rotatable bonds is 3. The molecule has 7 nitrogen and oxygen atoms in total. The van der Waals surface area contributed by atoms with Crippen LogP contribution in [0.2, 0.25) is 0 Å². The molecule has 0 aliphatic carbocycles. The summed E-state index contributed by atoms with van der Waals surface area (Å²) >= 11 is 0. The van der Waals surface area contributed by atoms with E-state index in [0.717, 1.165) is 45.6 Å². The molecular weight excluding hydrogens is 372 g/mol. The minimum absolute atomic E-state index is 0.214. The summed E-state index contributed by atoms with van der Waals surface area (Å²) in [5, 5.41) is 14.8. The number of nitrogens with zero attached hydrogens (tertiary/aromatic N) is 2. The van der Waals surface area contributed by atoms with Crippen LogP contribution in [-0.4, -0.2) is 64.0 Å². The summed E-state index contributed by atoms with van der Waals surface area (Å²) < 4.78 is 0. The second kappa shape index (κ2) is 11.6. The number of aliphatic carboxylic acids is 2. The van der Waals surface area contributed by atoms with Crippen LogP contribution in [0, 0.1) is 12.8 Å². The third kappa shape index (κ3) is 7.85. The SMILES string of the molecule is Cc1cccc(CN2CCCC(C(=O)N3CCCCCC3)C2)c1.O=C(O)C(=O)O. The number of piperidine rings is 1. The Bertz CT molecular complexity index is 686. The molecule has 2 heterocycles. The van der Waals surface area contributed by atoms with Crippen LogP contribution < -0.4 is 0 Å². The highest BCUT2D eigenvalue weighted by Gasteiger charge is 2.29. The molecule has 0 saturated carbocycles. The number of amides is 1. The Morgan fingerprint density at radius 1 is 0.966 bits per heavy atom. The first kappa shape index (κ1) is 22.9. The fraction of sp³-hybridized carbons (Fsp3) is 0.591. The lowest BCUT2D eigenvalue weighted by molar-refractivity contribution is -0.159. The summed E-state index contributed by atoms with van der Waals surface area (Å²) in [6.07, 6.45) is 7.16. The predicted molar refractivity (Wildman–Crippen MR) is 109 cm³/mol. The molecular formula is C22H32N2O5. The van der Waals surface area contributed by atoms with Crippen LogP contribution in [0.3, 0.4) is 0 Å². The maximum absolute atomic E-state index is 12.9. The van der Waals surface area contributed by atoms with Crippen LogP contribution in [-0.2, 0) is 20.9 Å². The molecule has 0 radical (unpaired) electrons. The van der Waals surface area contributed by atoms with Crippen molar-refractivity contribution in [1.82, 2.24) is 9.80 Å². The Kier molecular flexibility index (Phi) is 9.12. The number of likely N-dealkylation sites (tertiary alicyclic amines) is 2. The average molecular weight is 405 g/mol. The monoisotopic (exact) mass is 404 g/mol. The lowest BCUT2D eigenvalue weighted by atomic mass is 9.95. The number of carboxylic acid groups (broad SMARTS) is 2. The van der Waals surface area contributed by atoms with Gasteiger partial charge in [0.05, 0.1) is 5.92 Å². The van der Waals surface area contributed by atoms with E-state index in [1.807, 2.05) is 0 Å². The van der Waals surface area contributed by atoms with Crippen molar-refractivity contribution in [3.63, 3.8) is 0 Å². The smallest absolute Gasteiger partial charge is 0.414 e. The van der Waals surface area contributed by atoms with Crippen molar-refractivity contribution in [3.8, 4) is 0 Å². The van der Waals surface area contributed by atoms with Crippen LogP contribution in [0.15, 0.2) is 24.3 Å². The molecule has 1 aromatic rings. The first-order chi connectivity index (χ1) is 13.9. The molecule has 0 spiro atoms. The molecule has 7 heteroatoms. The Labute approximate surface area is 172 Å². The van der Waals surface area contributed by atoms with Gasteiger partial charge in [0.1, 0.15) is 0 Å². The largest absolute Gasteiger partial charge is 0.473 e. The lowest BCUT2D eigenvalue weighted by Crippen LogP contribution is -2.44. The van der Waals surface area contributed by atoms with Crippen LogP contribution in [0.4, 0.5) is 0 Å². The van der Waals surface area contributed by atoms with E-state index < -0.39 is 11.9 Å². The van der Waals surface area contributed by atoms with Gasteiger partial charge >= 0.3 is 11.9 Å². The number of carboxylic acids is 2. The van der Waals surface area contributed by atoms with Gasteiger partial charge in [-0.3, -0.25) is 9.69 Å². The molecule has 29 heavy (non-hydrogen) atoms. The number of hydrogen-bond donors (Lipinski definition) is 2. The van der Waals surface area contributed by atoms with Gasteiger partial charge in [-0.1, -0.05) is 42.7 Å². The highest BCUT2D eigenvalue weighted by atomic mass is 16.4. The van der Waals surface area contributed by atoms with Crippen molar-refractivity contribution >= 4 is 17.8 Å². The third-order valence-corrected chi connectivity index (χ3v) is 5.44. The third-order valence-electron chi connectivity index (χ3n) is 5.44. The standard InChI is InChI=1S/C20H30N2O.C2H2O4/c1-17-8-6-9-18(14-17)15-21-11-7-10-19(16-21)20(23)22-12-4-2-3-5-13-22;3-1(4)2(5)6/h6,8-9,14,19H,2-5,7,10-13,15-16H2,1H3;(H,3,4)(H,5,6). The molecule has 0 aromatic heterocycles. The minimum atomic E-state index is -1.82. The number of aryl methyl sites for hydroxylation is 1. The molecule has 2 fully saturated rings. The Hall–Kier alpha value is -2.41. The average Bonchev–Trinajstić information content (AvgIpc) is 2.97. The normalized spacial score (nSPS) is 20.2. The molecule has 160 valence electrons. The van der Waals surface area contributed by atoms with Gasteiger partial charge in [0, 0.05) is 26.2 Å². The highest BCUT2D eigenvalue weighted by molar-refractivity contribution is 6.27. The van der Waals surface area contributed by atoms with Gasteiger partial charge in [0.15, 0.2) is 0 Å². The summed E-state index contributed by atoms with van der Waals surface area (Å²) in [6.45, 7) is 7.14. The lowest BCUT2D eigenvalue weighted by Gasteiger charge is -2.34. The van der Waals surface area contributed by atoms with Crippen molar-refractivity contribution in [2.75, 3.05) is 26.2 Å². The predicted octanol–water partition coefficient (Wildman–Crippen LogP) is 2.77. The minimum Gasteiger partial charge on any atom is -0.473 e. The summed E-state index contributed by atoms with van der Waals surface area (Å²) in [5.74, 6) is -3.02. The molecule has 2 aliphatic heterocycles. The van der Waals surface area contributed by atoms with Crippen molar-refractivity contribution in [1.29, 1.82) is 0 Å². The fourth-order valence-electron chi connectivity index (χ4n) is 4.02. The van der Waals surface area contributed by atoms with E-state index in [0.29, 0.717) is 5.91 Å². The molecule has 3 rings (SSSR count). The fourth-order valence-corrected chi connectivity index (χ4v) is 4.02. The summed E-state index contributed by atoms with van der Waals surface area (Å²) in [4.78, 5) is 35.7. The van der Waals surface area contributed by atoms with E-state index in [1.54, 1.807) is 0 Å². The number of hydrogen-bond acceptors (Lipinski definition) is 4. The van der Waals surface area contributed by atoms with Crippen LogP contribution in [0.25, 0.3) is 0 Å². The van der Waals surface area contributed by atoms with Crippen molar-refractivity contribution in [2.45, 2.75) is 52.0 Å². The van der Waals surface area contributed by atoms with Crippen LogP contribution in [0.5, 0.6) is 0 Å². The van der Waals surface area contributed by atoms with E-state index in [1.165, 1.54) is 36.8 Å². The van der Waals surface area contributed by atoms with Crippen LogP contribution >= 0.6 is 0 Å². The van der Waals surface area contributed by atoms with Gasteiger partial charge in [0.25, 0.3) is 0 Å². The molecule has 1 amide bonds. The van der Waals surface area contributed by atoms with Gasteiger partial charge in [-0.25, -0.2) is 9.59 Å². The highest BCUT2D eigenvalue weighted by Crippen LogP contribution is 2.22. The van der Waals surface area contributed by atoms with Gasteiger partial charge in [-0.2, -0.15) is 0 Å². The molecule has 2 N–H and O–H groups in total. The Morgan fingerprint density at radius 2 is 1.62 bits per heavy atom. The van der Waals surface area contributed by atoms with Gasteiger partial charge in [-0.05, 0) is 44.7 Å². The van der Waals surface area contributed by atoms with E-state index in [2.05, 4.69) is 41.0 Å². The Morgan fingerprint density at radius 3 is 2.21 bits per heavy atom. The van der Waals surface area contributed by atoms with E-state index in [-0.39, 0.29) is 5.92 Å². The molecule has 1 unspecified atom stereocenters. The molecule has 1 atom stereocenters. The van der Waals surface area contributed by atoms with Gasteiger partial charge in [0.2, 0.25) is 5.91 Å². The van der Waals surface area contributed by atoms with Gasteiger partial charge < -0.3 is 15.1 Å². The number of benzene rings is 1. The molecule has 0 bridgehead atoms. The van der Waals surface area contributed by atoms with E-state index in [4.69, 9.17) is 19.8 Å². The van der Waals surface area contributed by atoms with Crippen molar-refractivity contribution < 1.29 is 24.6 Å². The Balaban J connectivity index is 0.000000438. The molecule has 2 aliphatic rings. The second-order valence-corrected chi connectivity index (χ2v) is 7.91. The second-order valence-electron chi connectivity index (χ2n) is 7.91. The summed E-state index contributed by atoms with van der Waals surface area (Å²) in [7, 11) is 0. The topological polar surface area (TPSA) is 98.2 Å². The maximum atomic E-state index is 12.9. The molecule has 2 saturated heterocycles. The summed E-state index contributed by atoms with van der Waals surface area (Å²) in [5.41, 5.74) is 2.68. The van der Waals surface area contributed by atoms with Crippen molar-refractivity contribution in [2.24, 2.45) is 5.92 Å². The zero-order chi connectivity index (χ0) is 21.2. The number of carbonyl (C=O) groups excluding carboxylic acids is 1. The van der Waals surface area contributed by atoms with E-state index in [9.17, 15) is 4.79 Å². The quantitative estimate of drug-likeness (QED) is 0.752. The zero-order valence-electron chi connectivity index (χ0n) is 17.2. The first-order valence-corrected chi connectivity index (χ1v) is 10.4. The molecule has 1 aromatic carbocycles. The number of carbonyl (C=O) groups is 3. The van der Waals surface area contributed by atoms with Gasteiger partial charge in [-0.15, -0.1) is 0 Å². The maximum Gasteiger partial charge on any atom is 0.414 e. The first-order valence-electron chi connectivity index (χ1n) is 10.4. The van der Waals surface area contributed by atoms with E-state index >= 15 is 0 Å². The zero-order valence-corrected chi connectivity index (χ0v) is 17.2. The van der Waals surface area contributed by atoms with Crippen molar-refractivity contribution in [3.05, 3.63) is 35.4 Å².